The molecule has 3 saturated carbocycles. The third kappa shape index (κ3) is 6.05. The molecule has 1 saturated heterocycles. The first-order valence-corrected chi connectivity index (χ1v) is 16.8. The van der Waals surface area contributed by atoms with Crippen molar-refractivity contribution in [3.05, 3.63) is 89.0 Å². The van der Waals surface area contributed by atoms with Crippen LogP contribution in [-0.2, 0) is 13.0 Å². The first kappa shape index (κ1) is 31.1. The summed E-state index contributed by atoms with van der Waals surface area (Å²) < 4.78 is 21.1. The van der Waals surface area contributed by atoms with Crippen LogP contribution in [-0.4, -0.2) is 64.7 Å². The van der Waals surface area contributed by atoms with E-state index in [4.69, 9.17) is 9.73 Å². The van der Waals surface area contributed by atoms with Crippen LogP contribution in [0, 0.1) is 29.0 Å². The van der Waals surface area contributed by atoms with Gasteiger partial charge < -0.3 is 19.9 Å². The summed E-state index contributed by atoms with van der Waals surface area (Å²) in [7, 11) is 1.51. The van der Waals surface area contributed by atoms with Crippen molar-refractivity contribution < 1.29 is 9.13 Å². The van der Waals surface area contributed by atoms with E-state index < -0.39 is 0 Å². The van der Waals surface area contributed by atoms with Crippen molar-refractivity contribution in [2.45, 2.75) is 52.6 Å². The van der Waals surface area contributed by atoms with Gasteiger partial charge in [-0.05, 0) is 84.4 Å². The molecule has 0 radical (unpaired) electrons. The van der Waals surface area contributed by atoms with Crippen LogP contribution in [0.2, 0.25) is 0 Å². The maximum atomic E-state index is 14.5. The number of piperazine rings is 1. The molecule has 0 spiro atoms. The molecule has 246 valence electrons. The summed E-state index contributed by atoms with van der Waals surface area (Å²) >= 11 is 0. The number of aromatic nitrogens is 3. The fraction of sp³-hybridized carbons (Fsp3) is 0.459. The average Bonchev–Trinajstić information content (AvgIpc) is 3.09. The highest BCUT2D eigenvalue weighted by Gasteiger charge is 2.56. The molecule has 2 aromatic heterocycles. The smallest absolute Gasteiger partial charge is 0.261 e. The highest BCUT2D eigenvalue weighted by Crippen LogP contribution is 2.61. The van der Waals surface area contributed by atoms with Crippen LogP contribution >= 0.6 is 0 Å². The number of halogens is 1. The molecule has 2 aromatic carbocycles. The second-order valence-corrected chi connectivity index (χ2v) is 14.0. The van der Waals surface area contributed by atoms with Crippen molar-refractivity contribution in [1.29, 1.82) is 0 Å². The summed E-state index contributed by atoms with van der Waals surface area (Å²) in [4.78, 5) is 32.4. The molecular formula is C37H44FN7O2. The van der Waals surface area contributed by atoms with Crippen molar-refractivity contribution in [2.75, 3.05) is 43.5 Å². The van der Waals surface area contributed by atoms with Crippen molar-refractivity contribution in [3.8, 4) is 5.75 Å². The van der Waals surface area contributed by atoms with Gasteiger partial charge in [0, 0.05) is 62.6 Å². The Morgan fingerprint density at radius 1 is 1.06 bits per heavy atom. The Hall–Kier alpha value is -4.47. The van der Waals surface area contributed by atoms with Gasteiger partial charge in [-0.15, -0.1) is 0 Å². The van der Waals surface area contributed by atoms with Crippen molar-refractivity contribution in [1.82, 2.24) is 19.4 Å². The highest BCUT2D eigenvalue weighted by atomic mass is 19.1. The van der Waals surface area contributed by atoms with Crippen molar-refractivity contribution in [2.24, 2.45) is 28.2 Å². The maximum Gasteiger partial charge on any atom is 0.261 e. The lowest BCUT2D eigenvalue weighted by molar-refractivity contribution is -0.108. The molecule has 1 N–H and O–H groups in total. The van der Waals surface area contributed by atoms with Gasteiger partial charge in [-0.1, -0.05) is 26.8 Å². The minimum Gasteiger partial charge on any atom is -0.497 e. The lowest BCUT2D eigenvalue weighted by atomic mass is 9.45. The summed E-state index contributed by atoms with van der Waals surface area (Å²) in [6.45, 7) is 11.0. The molecule has 4 aliphatic rings. The van der Waals surface area contributed by atoms with Gasteiger partial charge in [0.25, 0.3) is 5.56 Å². The molecule has 4 atom stereocenters. The number of hydrogen-bond donors (Lipinski definition) is 1. The first-order valence-electron chi connectivity index (χ1n) is 16.8. The summed E-state index contributed by atoms with van der Waals surface area (Å²) in [5.74, 6) is 2.96. The minimum atomic E-state index is -0.346. The van der Waals surface area contributed by atoms with Crippen molar-refractivity contribution >= 4 is 28.2 Å². The van der Waals surface area contributed by atoms with E-state index in [2.05, 4.69) is 58.0 Å². The summed E-state index contributed by atoms with van der Waals surface area (Å²) in [5.41, 5.74) is 3.44. The second-order valence-electron chi connectivity index (χ2n) is 14.0. The zero-order valence-corrected chi connectivity index (χ0v) is 27.7. The lowest BCUT2D eigenvalue weighted by Crippen LogP contribution is -2.57. The first-order chi connectivity index (χ1) is 22.7. The number of ether oxygens (including phenoxy) is 1. The van der Waals surface area contributed by atoms with Gasteiger partial charge >= 0.3 is 0 Å². The largest absolute Gasteiger partial charge is 0.497 e. The monoisotopic (exact) mass is 637 g/mol. The van der Waals surface area contributed by atoms with Gasteiger partial charge in [-0.3, -0.25) is 14.3 Å². The molecule has 9 nitrogen and oxygen atoms in total. The Kier molecular flexibility index (Phi) is 8.36. The van der Waals surface area contributed by atoms with Crippen LogP contribution < -0.4 is 20.5 Å². The van der Waals surface area contributed by atoms with E-state index in [9.17, 15) is 9.18 Å². The number of fused-ring (bicyclic) bond motifs is 3. The molecule has 1 aliphatic heterocycles. The number of aliphatic imine (C=N–C) groups is 1. The number of pyridine rings is 1. The number of aryl methyl sites for hydroxylation is 2. The maximum absolute atomic E-state index is 14.5. The fourth-order valence-corrected chi connectivity index (χ4v) is 8.00. The molecule has 10 heteroatoms. The van der Waals surface area contributed by atoms with Crippen LogP contribution in [0.5, 0.6) is 5.75 Å². The molecule has 1 unspecified atom stereocenters. The molecule has 8 rings (SSSR count). The Morgan fingerprint density at radius 2 is 1.85 bits per heavy atom. The Bertz CT molecular complexity index is 1830. The number of benzene rings is 2. The molecule has 3 heterocycles. The molecular weight excluding hydrogens is 593 g/mol. The Balaban J connectivity index is 1.11. The summed E-state index contributed by atoms with van der Waals surface area (Å²) in [5, 5.41) is 4.19. The zero-order chi connectivity index (χ0) is 32.7. The van der Waals surface area contributed by atoms with Gasteiger partial charge in [0.2, 0.25) is 0 Å². The van der Waals surface area contributed by atoms with Crippen LogP contribution in [0.15, 0.2) is 77.0 Å². The number of methoxy groups -OCH3 is 1. The number of anilines is 2. The normalized spacial score (nSPS) is 23.8. The van der Waals surface area contributed by atoms with Gasteiger partial charge in [0.05, 0.1) is 30.4 Å². The molecule has 4 aromatic rings. The van der Waals surface area contributed by atoms with Crippen LogP contribution in [0.3, 0.4) is 0 Å². The fourth-order valence-electron chi connectivity index (χ4n) is 8.00. The molecule has 0 amide bonds. The zero-order valence-electron chi connectivity index (χ0n) is 27.7. The molecule has 4 fully saturated rings. The van der Waals surface area contributed by atoms with E-state index in [1.165, 1.54) is 25.3 Å². The predicted molar refractivity (Wildman–Crippen MR) is 185 cm³/mol. The summed E-state index contributed by atoms with van der Waals surface area (Å²) in [6.07, 6.45) is 8.05. The number of nitrogens with zero attached hydrogens (tertiary/aromatic N) is 6. The minimum absolute atomic E-state index is 0.144. The van der Waals surface area contributed by atoms with Crippen LogP contribution in [0.1, 0.15) is 39.2 Å². The van der Waals surface area contributed by atoms with Gasteiger partial charge in [0.1, 0.15) is 11.6 Å². The third-order valence-electron chi connectivity index (χ3n) is 11.2. The van der Waals surface area contributed by atoms with E-state index in [1.807, 2.05) is 30.6 Å². The van der Waals surface area contributed by atoms with E-state index in [0.717, 1.165) is 50.2 Å². The molecule has 2 bridgehead atoms. The second kappa shape index (κ2) is 12.6. The Labute approximate surface area is 275 Å². The van der Waals surface area contributed by atoms with Gasteiger partial charge in [-0.2, -0.15) is 0 Å². The predicted octanol–water partition coefficient (Wildman–Crippen LogP) is 5.84. The van der Waals surface area contributed by atoms with E-state index in [1.54, 1.807) is 23.0 Å². The van der Waals surface area contributed by atoms with Crippen LogP contribution in [0.25, 0.3) is 10.9 Å². The van der Waals surface area contributed by atoms with E-state index in [0.29, 0.717) is 52.4 Å². The average molecular weight is 638 g/mol. The van der Waals surface area contributed by atoms with Crippen LogP contribution in [0.4, 0.5) is 15.8 Å². The summed E-state index contributed by atoms with van der Waals surface area (Å²) in [6, 6.07) is 14.9. The highest BCUT2D eigenvalue weighted by molar-refractivity contribution is 5.96. The number of nitrogens with one attached hydrogen (secondary N) is 1. The van der Waals surface area contributed by atoms with E-state index >= 15 is 0 Å². The lowest BCUT2D eigenvalue weighted by Gasteiger charge is -2.61. The quantitative estimate of drug-likeness (QED) is 0.201. The molecule has 3 aliphatic carbocycles. The van der Waals surface area contributed by atoms with E-state index in [-0.39, 0.29) is 17.4 Å². The number of hydrogen-bond acceptors (Lipinski definition) is 6. The third-order valence-corrected chi connectivity index (χ3v) is 11.2. The Morgan fingerprint density at radius 3 is 2.55 bits per heavy atom. The van der Waals surface area contributed by atoms with Gasteiger partial charge in [0.15, 0.2) is 5.96 Å². The van der Waals surface area contributed by atoms with Gasteiger partial charge in [-0.25, -0.2) is 14.4 Å². The number of rotatable bonds is 7. The SMILES string of the molecule is COc1ccc(CCn2cnc3cc(NC(=NC4C[C@@H]5C[C@H]([C@@H]4C)C5(C)C)N4CCN(c5ccncc5)CC4)ccc3c2=O)c(F)c1. The standard InChI is InChI=1S/C37H44FN7O2/c1-24-31-19-26(37(31,2)3)20-33(24)42-36(44-17-15-43(16-18-44)28-9-12-39-13-10-28)41-27-6-8-30-34(21-27)40-23-45(35(30)46)14-11-25-5-7-29(47-4)22-32(25)38/h5-10,12-13,21-24,26,31,33H,11,14-20H2,1-4H3,(H,41,42)/t24-,26-,31+,33?/m0/s1. The number of guanidine groups is 1. The topological polar surface area (TPSA) is 87.9 Å². The molecule has 47 heavy (non-hydrogen) atoms. The van der Waals surface area contributed by atoms with Crippen molar-refractivity contribution in [3.63, 3.8) is 0 Å².